The van der Waals surface area contributed by atoms with Crippen LogP contribution >= 0.6 is 0 Å². The molecule has 16 heavy (non-hydrogen) atoms. The Labute approximate surface area is 101 Å². The fourth-order valence-electron chi connectivity index (χ4n) is 2.87. The number of hydrogen-bond donors (Lipinski definition) is 2. The van der Waals surface area contributed by atoms with Gasteiger partial charge in [0.25, 0.3) is 0 Å². The minimum Gasteiger partial charge on any atom is -0.330 e. The molecule has 96 valence electrons. The number of nitrogens with two attached hydrogens (primary N) is 1. The van der Waals surface area contributed by atoms with Gasteiger partial charge in [-0.3, -0.25) is 0 Å². The zero-order valence-corrected chi connectivity index (χ0v) is 11.2. The maximum Gasteiger partial charge on any atom is 0.000528 e. The van der Waals surface area contributed by atoms with E-state index in [0.717, 1.165) is 13.1 Å². The van der Waals surface area contributed by atoms with Crippen molar-refractivity contribution < 1.29 is 0 Å². The molecular weight excluding hydrogens is 196 g/mol. The molecule has 0 aromatic heterocycles. The predicted octanol–water partition coefficient (Wildman–Crippen LogP) is 2.92. The van der Waals surface area contributed by atoms with E-state index in [4.69, 9.17) is 5.73 Å². The largest absolute Gasteiger partial charge is 0.330 e. The van der Waals surface area contributed by atoms with E-state index in [0.29, 0.717) is 11.3 Å². The molecular formula is C14H30N2. The van der Waals surface area contributed by atoms with Crippen LogP contribution in [-0.2, 0) is 0 Å². The van der Waals surface area contributed by atoms with E-state index in [1.54, 1.807) is 0 Å². The highest BCUT2D eigenvalue weighted by Gasteiger charge is 2.26. The van der Waals surface area contributed by atoms with Gasteiger partial charge in [-0.1, -0.05) is 39.5 Å². The van der Waals surface area contributed by atoms with Crippen LogP contribution in [0, 0.1) is 11.3 Å². The van der Waals surface area contributed by atoms with Crippen LogP contribution in [0.4, 0.5) is 0 Å². The Morgan fingerprint density at radius 1 is 1.25 bits per heavy atom. The molecule has 1 aliphatic rings. The van der Waals surface area contributed by atoms with Gasteiger partial charge in [-0.15, -0.1) is 0 Å². The summed E-state index contributed by atoms with van der Waals surface area (Å²) in [5.74, 6) is 0.678. The molecule has 0 aromatic rings. The van der Waals surface area contributed by atoms with Crippen molar-refractivity contribution in [2.45, 2.75) is 58.8 Å². The van der Waals surface area contributed by atoms with Crippen LogP contribution in [-0.4, -0.2) is 19.6 Å². The molecule has 1 aliphatic carbocycles. The Kier molecular flexibility index (Phi) is 6.37. The first-order valence-electron chi connectivity index (χ1n) is 7.11. The Balaban J connectivity index is 2.17. The molecule has 1 rings (SSSR count). The second-order valence-corrected chi connectivity index (χ2v) is 5.89. The molecule has 0 aliphatic heterocycles. The number of rotatable bonds is 7. The van der Waals surface area contributed by atoms with Gasteiger partial charge < -0.3 is 11.1 Å². The van der Waals surface area contributed by atoms with Crippen LogP contribution in [0.3, 0.4) is 0 Å². The van der Waals surface area contributed by atoms with Crippen molar-refractivity contribution >= 4 is 0 Å². The summed E-state index contributed by atoms with van der Waals surface area (Å²) < 4.78 is 0. The molecule has 1 saturated carbocycles. The highest BCUT2D eigenvalue weighted by atomic mass is 14.9. The van der Waals surface area contributed by atoms with E-state index in [1.807, 2.05) is 0 Å². The van der Waals surface area contributed by atoms with E-state index >= 15 is 0 Å². The minimum absolute atomic E-state index is 0.559. The average Bonchev–Trinajstić information content (AvgIpc) is 2.29. The molecule has 0 saturated heterocycles. The van der Waals surface area contributed by atoms with Crippen molar-refractivity contribution in [2.24, 2.45) is 17.1 Å². The zero-order chi connectivity index (χ0) is 11.9. The van der Waals surface area contributed by atoms with Gasteiger partial charge in [-0.05, 0) is 43.7 Å². The lowest BCUT2D eigenvalue weighted by Crippen LogP contribution is -2.37. The summed E-state index contributed by atoms with van der Waals surface area (Å²) in [6.45, 7) is 7.81. The van der Waals surface area contributed by atoms with Crippen LogP contribution in [0.2, 0.25) is 0 Å². The molecule has 0 aromatic carbocycles. The van der Waals surface area contributed by atoms with Gasteiger partial charge in [0.2, 0.25) is 0 Å². The lowest BCUT2D eigenvalue weighted by atomic mass is 9.75. The summed E-state index contributed by atoms with van der Waals surface area (Å²) in [6, 6.07) is 0. The molecule has 1 unspecified atom stereocenters. The van der Waals surface area contributed by atoms with Crippen molar-refractivity contribution in [1.82, 2.24) is 5.32 Å². The third kappa shape index (κ3) is 4.84. The van der Waals surface area contributed by atoms with Gasteiger partial charge in [-0.2, -0.15) is 0 Å². The fourth-order valence-corrected chi connectivity index (χ4v) is 2.87. The highest BCUT2D eigenvalue weighted by Crippen LogP contribution is 2.34. The molecule has 0 spiro atoms. The van der Waals surface area contributed by atoms with Gasteiger partial charge in [0.1, 0.15) is 0 Å². The van der Waals surface area contributed by atoms with Gasteiger partial charge in [0.05, 0.1) is 0 Å². The van der Waals surface area contributed by atoms with Crippen molar-refractivity contribution in [3.63, 3.8) is 0 Å². The topological polar surface area (TPSA) is 38.0 Å². The highest BCUT2D eigenvalue weighted by molar-refractivity contribution is 4.81. The summed E-state index contributed by atoms with van der Waals surface area (Å²) in [6.07, 6.45) is 9.61. The molecule has 2 nitrogen and oxygen atoms in total. The predicted molar refractivity (Wildman–Crippen MR) is 71.5 cm³/mol. The van der Waals surface area contributed by atoms with Crippen LogP contribution in [0.1, 0.15) is 58.8 Å². The van der Waals surface area contributed by atoms with Crippen molar-refractivity contribution in [3.05, 3.63) is 0 Å². The van der Waals surface area contributed by atoms with E-state index in [9.17, 15) is 0 Å². The Hall–Kier alpha value is -0.0800. The first-order valence-corrected chi connectivity index (χ1v) is 7.11. The van der Waals surface area contributed by atoms with Crippen molar-refractivity contribution in [1.29, 1.82) is 0 Å². The summed E-state index contributed by atoms with van der Waals surface area (Å²) in [4.78, 5) is 0. The Morgan fingerprint density at radius 3 is 2.50 bits per heavy atom. The molecule has 0 radical (unpaired) electrons. The van der Waals surface area contributed by atoms with Crippen molar-refractivity contribution in [3.8, 4) is 0 Å². The molecule has 1 fully saturated rings. The van der Waals surface area contributed by atoms with Crippen molar-refractivity contribution in [2.75, 3.05) is 19.6 Å². The standard InChI is InChI=1S/C14H30N2/c1-3-7-13(10-15)11-16-12-14(2)8-5-4-6-9-14/h13,16H,3-12,15H2,1-2H3. The lowest BCUT2D eigenvalue weighted by Gasteiger charge is -2.34. The van der Waals surface area contributed by atoms with E-state index in [2.05, 4.69) is 19.2 Å². The lowest BCUT2D eigenvalue weighted by molar-refractivity contribution is 0.204. The van der Waals surface area contributed by atoms with Crippen LogP contribution < -0.4 is 11.1 Å². The third-order valence-electron chi connectivity index (χ3n) is 4.08. The van der Waals surface area contributed by atoms with E-state index < -0.39 is 0 Å². The van der Waals surface area contributed by atoms with Gasteiger partial charge in [0, 0.05) is 6.54 Å². The van der Waals surface area contributed by atoms with E-state index in [-0.39, 0.29) is 0 Å². The second-order valence-electron chi connectivity index (χ2n) is 5.89. The SMILES string of the molecule is CCCC(CN)CNCC1(C)CCCCC1. The van der Waals surface area contributed by atoms with Gasteiger partial charge in [0.15, 0.2) is 0 Å². The minimum atomic E-state index is 0.559. The zero-order valence-electron chi connectivity index (χ0n) is 11.2. The molecule has 1 atom stereocenters. The summed E-state index contributed by atoms with van der Waals surface area (Å²) in [5, 5.41) is 3.65. The Morgan fingerprint density at radius 2 is 1.94 bits per heavy atom. The first kappa shape index (κ1) is 14.0. The Bertz CT molecular complexity index is 174. The number of hydrogen-bond acceptors (Lipinski definition) is 2. The van der Waals surface area contributed by atoms with Crippen LogP contribution in [0.5, 0.6) is 0 Å². The number of nitrogens with one attached hydrogen (secondary N) is 1. The maximum atomic E-state index is 5.77. The second kappa shape index (κ2) is 7.29. The summed E-state index contributed by atoms with van der Waals surface area (Å²) in [7, 11) is 0. The fraction of sp³-hybridized carbons (Fsp3) is 1.00. The molecule has 0 amide bonds. The molecule has 2 heteroatoms. The van der Waals surface area contributed by atoms with Crippen LogP contribution in [0.15, 0.2) is 0 Å². The monoisotopic (exact) mass is 226 g/mol. The maximum absolute atomic E-state index is 5.77. The van der Waals surface area contributed by atoms with Gasteiger partial charge >= 0.3 is 0 Å². The van der Waals surface area contributed by atoms with Crippen LogP contribution in [0.25, 0.3) is 0 Å². The molecule has 0 bridgehead atoms. The smallest absolute Gasteiger partial charge is 0.000528 e. The molecule has 0 heterocycles. The third-order valence-corrected chi connectivity index (χ3v) is 4.08. The first-order chi connectivity index (χ1) is 7.70. The van der Waals surface area contributed by atoms with E-state index in [1.165, 1.54) is 51.5 Å². The summed E-state index contributed by atoms with van der Waals surface area (Å²) >= 11 is 0. The average molecular weight is 226 g/mol. The summed E-state index contributed by atoms with van der Waals surface area (Å²) in [5.41, 5.74) is 6.33. The molecule has 3 N–H and O–H groups in total. The van der Waals surface area contributed by atoms with Gasteiger partial charge in [-0.25, -0.2) is 0 Å². The normalized spacial score (nSPS) is 21.9. The quantitative estimate of drug-likeness (QED) is 0.700.